The van der Waals surface area contributed by atoms with E-state index in [0.717, 1.165) is 5.82 Å². The van der Waals surface area contributed by atoms with E-state index in [1.54, 1.807) is 13.3 Å². The average molecular weight is 205 g/mol. The van der Waals surface area contributed by atoms with Crippen molar-refractivity contribution in [3.8, 4) is 5.88 Å². The number of aromatic nitrogens is 4. The Bertz CT molecular complexity index is 485. The zero-order chi connectivity index (χ0) is 10.8. The van der Waals surface area contributed by atoms with Gasteiger partial charge in [-0.15, -0.1) is 0 Å². The summed E-state index contributed by atoms with van der Waals surface area (Å²) in [7, 11) is 5.34. The summed E-state index contributed by atoms with van der Waals surface area (Å²) >= 11 is 0. The molecule has 0 N–H and O–H groups in total. The highest BCUT2D eigenvalue weighted by atomic mass is 16.5. The molecule has 0 aromatic carbocycles. The van der Waals surface area contributed by atoms with Gasteiger partial charge in [0, 0.05) is 14.1 Å². The Morgan fingerprint density at radius 2 is 2.00 bits per heavy atom. The van der Waals surface area contributed by atoms with Crippen molar-refractivity contribution >= 4 is 17.0 Å². The molecule has 78 valence electrons. The molecule has 2 aromatic rings. The lowest BCUT2D eigenvalue weighted by Crippen LogP contribution is -2.12. The fourth-order valence-corrected chi connectivity index (χ4v) is 1.24. The number of hydrogen-bond donors (Lipinski definition) is 0. The molecule has 2 rings (SSSR count). The van der Waals surface area contributed by atoms with E-state index >= 15 is 0 Å². The van der Waals surface area contributed by atoms with Crippen molar-refractivity contribution in [3.63, 3.8) is 0 Å². The van der Waals surface area contributed by atoms with E-state index < -0.39 is 0 Å². The molecule has 6 nitrogen and oxygen atoms in total. The minimum atomic E-state index is 0.450. The van der Waals surface area contributed by atoms with E-state index in [1.807, 2.05) is 19.0 Å². The summed E-state index contributed by atoms with van der Waals surface area (Å²) < 4.78 is 4.98. The summed E-state index contributed by atoms with van der Waals surface area (Å²) in [4.78, 5) is 18.4. The molecule has 0 aliphatic carbocycles. The highest BCUT2D eigenvalue weighted by Crippen LogP contribution is 2.18. The van der Waals surface area contributed by atoms with Crippen molar-refractivity contribution in [1.82, 2.24) is 19.9 Å². The van der Waals surface area contributed by atoms with Crippen molar-refractivity contribution in [2.75, 3.05) is 26.1 Å². The molecule has 0 saturated heterocycles. The van der Waals surface area contributed by atoms with Crippen LogP contribution >= 0.6 is 0 Å². The molecule has 0 fully saturated rings. The van der Waals surface area contributed by atoms with Crippen LogP contribution in [0.5, 0.6) is 5.88 Å². The number of nitrogens with zero attached hydrogens (tertiary/aromatic N) is 5. The van der Waals surface area contributed by atoms with Crippen molar-refractivity contribution in [2.24, 2.45) is 0 Å². The monoisotopic (exact) mass is 205 g/mol. The minimum absolute atomic E-state index is 0.450. The normalized spacial score (nSPS) is 10.3. The summed E-state index contributed by atoms with van der Waals surface area (Å²) in [5, 5.41) is 0. The fraction of sp³-hybridized carbons (Fsp3) is 0.333. The molecule has 0 radical (unpaired) electrons. The molecule has 15 heavy (non-hydrogen) atoms. The first-order valence-corrected chi connectivity index (χ1v) is 4.41. The Labute approximate surface area is 87.0 Å². The van der Waals surface area contributed by atoms with Crippen molar-refractivity contribution < 1.29 is 4.74 Å². The number of rotatable bonds is 2. The summed E-state index contributed by atoms with van der Waals surface area (Å²) in [6.07, 6.45) is 3.02. The number of anilines is 1. The van der Waals surface area contributed by atoms with Crippen LogP contribution in [0.1, 0.15) is 0 Å². The lowest BCUT2D eigenvalue weighted by atomic mass is 10.4. The Morgan fingerprint density at radius 3 is 2.67 bits per heavy atom. The molecule has 0 aliphatic heterocycles. The molecular formula is C9H11N5O. The fourth-order valence-electron chi connectivity index (χ4n) is 1.24. The molecular weight excluding hydrogens is 194 g/mol. The number of hydrogen-bond acceptors (Lipinski definition) is 6. The number of fused-ring (bicyclic) bond motifs is 1. The molecule has 2 aromatic heterocycles. The number of ether oxygens (including phenoxy) is 1. The molecule has 0 aliphatic rings. The smallest absolute Gasteiger partial charge is 0.234 e. The first-order valence-electron chi connectivity index (χ1n) is 4.41. The minimum Gasteiger partial charge on any atom is -0.480 e. The first kappa shape index (κ1) is 9.57. The third-order valence-corrected chi connectivity index (χ3v) is 1.94. The van der Waals surface area contributed by atoms with Crippen LogP contribution in [-0.2, 0) is 0 Å². The van der Waals surface area contributed by atoms with Gasteiger partial charge in [0.25, 0.3) is 0 Å². The quantitative estimate of drug-likeness (QED) is 0.711. The average Bonchev–Trinajstić information content (AvgIpc) is 2.27. The third kappa shape index (κ3) is 1.65. The summed E-state index contributed by atoms with van der Waals surface area (Å²) in [6, 6.07) is 0. The highest BCUT2D eigenvalue weighted by Gasteiger charge is 2.08. The van der Waals surface area contributed by atoms with Gasteiger partial charge in [0.05, 0.1) is 13.3 Å². The Morgan fingerprint density at radius 1 is 1.20 bits per heavy atom. The van der Waals surface area contributed by atoms with Crippen LogP contribution in [0.4, 0.5) is 5.82 Å². The van der Waals surface area contributed by atoms with E-state index in [9.17, 15) is 0 Å². The molecule has 6 heteroatoms. The second kappa shape index (κ2) is 3.64. The van der Waals surface area contributed by atoms with Crippen molar-refractivity contribution in [1.29, 1.82) is 0 Å². The van der Waals surface area contributed by atoms with Gasteiger partial charge < -0.3 is 9.64 Å². The van der Waals surface area contributed by atoms with Gasteiger partial charge in [0.15, 0.2) is 17.0 Å². The van der Waals surface area contributed by atoms with Gasteiger partial charge in [0.2, 0.25) is 5.88 Å². The first-order chi connectivity index (χ1) is 7.22. The van der Waals surface area contributed by atoms with E-state index in [4.69, 9.17) is 4.74 Å². The van der Waals surface area contributed by atoms with E-state index in [1.165, 1.54) is 6.33 Å². The summed E-state index contributed by atoms with van der Waals surface area (Å²) in [5.74, 6) is 1.20. The lowest BCUT2D eigenvalue weighted by molar-refractivity contribution is 0.397. The zero-order valence-electron chi connectivity index (χ0n) is 8.80. The van der Waals surface area contributed by atoms with Crippen LogP contribution in [0.3, 0.4) is 0 Å². The van der Waals surface area contributed by atoms with Gasteiger partial charge >= 0.3 is 0 Å². The molecule has 0 bridgehead atoms. The maximum Gasteiger partial charge on any atom is 0.234 e. The van der Waals surface area contributed by atoms with Gasteiger partial charge in [-0.3, -0.25) is 0 Å². The van der Waals surface area contributed by atoms with E-state index in [0.29, 0.717) is 17.0 Å². The standard InChI is InChI=1S/C9H11N5O/c1-14(2)9-7-8(11-5-12-9)13-6(15-3)4-10-7/h4-5H,1-3H3. The Hall–Kier alpha value is -1.98. The van der Waals surface area contributed by atoms with Crippen LogP contribution in [0.25, 0.3) is 11.2 Å². The van der Waals surface area contributed by atoms with Crippen LogP contribution in [0, 0.1) is 0 Å². The van der Waals surface area contributed by atoms with Gasteiger partial charge in [-0.2, -0.15) is 4.98 Å². The summed E-state index contributed by atoms with van der Waals surface area (Å²) in [6.45, 7) is 0. The lowest BCUT2D eigenvalue weighted by Gasteiger charge is -2.11. The molecule has 0 unspecified atom stereocenters. The molecule has 0 spiro atoms. The molecule has 2 heterocycles. The van der Waals surface area contributed by atoms with Crippen LogP contribution in [0.2, 0.25) is 0 Å². The van der Waals surface area contributed by atoms with Crippen LogP contribution < -0.4 is 9.64 Å². The summed E-state index contributed by atoms with van der Waals surface area (Å²) in [5.41, 5.74) is 1.20. The maximum absolute atomic E-state index is 4.98. The predicted molar refractivity (Wildman–Crippen MR) is 56.0 cm³/mol. The highest BCUT2D eigenvalue weighted by molar-refractivity contribution is 5.82. The molecule has 0 saturated carbocycles. The van der Waals surface area contributed by atoms with Gasteiger partial charge in [-0.25, -0.2) is 15.0 Å². The topological polar surface area (TPSA) is 64.0 Å². The maximum atomic E-state index is 4.98. The largest absolute Gasteiger partial charge is 0.480 e. The van der Waals surface area contributed by atoms with Crippen molar-refractivity contribution in [3.05, 3.63) is 12.5 Å². The van der Waals surface area contributed by atoms with Gasteiger partial charge in [0.1, 0.15) is 6.33 Å². The van der Waals surface area contributed by atoms with Gasteiger partial charge in [-0.1, -0.05) is 0 Å². The second-order valence-corrected chi connectivity index (χ2v) is 3.18. The van der Waals surface area contributed by atoms with Crippen LogP contribution in [-0.4, -0.2) is 41.1 Å². The Balaban J connectivity index is 2.67. The van der Waals surface area contributed by atoms with Crippen LogP contribution in [0.15, 0.2) is 12.5 Å². The Kier molecular flexibility index (Phi) is 2.32. The molecule has 0 atom stereocenters. The van der Waals surface area contributed by atoms with E-state index in [2.05, 4.69) is 19.9 Å². The second-order valence-electron chi connectivity index (χ2n) is 3.18. The SMILES string of the molecule is COc1cnc2c(N(C)C)ncnc2n1. The number of methoxy groups -OCH3 is 1. The zero-order valence-corrected chi connectivity index (χ0v) is 8.80. The van der Waals surface area contributed by atoms with Gasteiger partial charge in [-0.05, 0) is 0 Å². The molecule has 0 amide bonds. The third-order valence-electron chi connectivity index (χ3n) is 1.94. The van der Waals surface area contributed by atoms with E-state index in [-0.39, 0.29) is 0 Å². The predicted octanol–water partition coefficient (Wildman–Crippen LogP) is 0.494. The van der Waals surface area contributed by atoms with Crippen molar-refractivity contribution in [2.45, 2.75) is 0 Å².